The Kier molecular flexibility index (Phi) is 7.94. The molecule has 3 N–H and O–H groups in total. The zero-order valence-corrected chi connectivity index (χ0v) is 16.1. The van der Waals surface area contributed by atoms with E-state index in [0.717, 1.165) is 0 Å². The molecule has 0 saturated heterocycles. The van der Waals surface area contributed by atoms with E-state index in [0.29, 0.717) is 21.5 Å². The Morgan fingerprint density at radius 1 is 1.18 bits per heavy atom. The molecule has 2 aromatic rings. The van der Waals surface area contributed by atoms with E-state index in [1.165, 1.54) is 18.2 Å². The highest BCUT2D eigenvalue weighted by Crippen LogP contribution is 2.27. The van der Waals surface area contributed by atoms with Crippen molar-refractivity contribution in [2.24, 2.45) is 5.73 Å². The molecule has 28 heavy (non-hydrogen) atoms. The van der Waals surface area contributed by atoms with E-state index >= 15 is 0 Å². The topological polar surface area (TPSA) is 90.7 Å². The molecule has 0 aliphatic rings. The van der Waals surface area contributed by atoms with Crippen LogP contribution >= 0.6 is 15.9 Å². The Labute approximate surface area is 168 Å². The van der Waals surface area contributed by atoms with E-state index in [4.69, 9.17) is 10.5 Å². The van der Waals surface area contributed by atoms with Gasteiger partial charge in [-0.3, -0.25) is 9.59 Å². The number of nitrogens with one attached hydrogen (secondary N) is 1. The first kappa shape index (κ1) is 21.4. The molecule has 0 spiro atoms. The minimum absolute atomic E-state index is 0.0397. The van der Waals surface area contributed by atoms with Crippen molar-refractivity contribution in [1.29, 1.82) is 0 Å². The van der Waals surface area contributed by atoms with Gasteiger partial charge in [0.25, 0.3) is 0 Å². The Balaban J connectivity index is 2.08. The maximum absolute atomic E-state index is 12.5. The van der Waals surface area contributed by atoms with Gasteiger partial charge in [-0.25, -0.2) is 0 Å². The molecule has 0 fully saturated rings. The molecular formula is C19H17BrF2N2O4. The van der Waals surface area contributed by atoms with Gasteiger partial charge in [-0.1, -0.05) is 28.1 Å². The summed E-state index contributed by atoms with van der Waals surface area (Å²) in [7, 11) is 0. The summed E-state index contributed by atoms with van der Waals surface area (Å²) in [6, 6.07) is 11.1. The Morgan fingerprint density at radius 2 is 1.93 bits per heavy atom. The van der Waals surface area contributed by atoms with Crippen molar-refractivity contribution >= 4 is 39.5 Å². The van der Waals surface area contributed by atoms with Gasteiger partial charge < -0.3 is 20.5 Å². The molecule has 0 saturated carbocycles. The van der Waals surface area contributed by atoms with Gasteiger partial charge in [0.05, 0.1) is 18.7 Å². The average molecular weight is 455 g/mol. The number of nitrogens with two attached hydrogens (primary N) is 1. The molecule has 2 aromatic carbocycles. The zero-order valence-electron chi connectivity index (χ0n) is 14.5. The second-order valence-corrected chi connectivity index (χ2v) is 6.36. The summed E-state index contributed by atoms with van der Waals surface area (Å²) >= 11 is 3.24. The second-order valence-electron chi connectivity index (χ2n) is 5.44. The van der Waals surface area contributed by atoms with Crippen LogP contribution in [0.15, 0.2) is 53.0 Å². The number of rotatable bonds is 9. The number of carbonyl (C=O) groups is 2. The van der Waals surface area contributed by atoms with E-state index in [2.05, 4.69) is 26.0 Å². The first-order chi connectivity index (χ1) is 13.3. The van der Waals surface area contributed by atoms with Crippen LogP contribution in [0.4, 0.5) is 14.5 Å². The van der Waals surface area contributed by atoms with Gasteiger partial charge in [0.1, 0.15) is 11.5 Å². The number of carbonyl (C=O) groups excluding carboxylic acids is 2. The highest BCUT2D eigenvalue weighted by molar-refractivity contribution is 9.10. The number of ether oxygens (including phenoxy) is 2. The number of anilines is 1. The maximum Gasteiger partial charge on any atom is 0.387 e. The number of primary amides is 1. The number of hydrogen-bond donors (Lipinski definition) is 2. The number of alkyl halides is 2. The highest BCUT2D eigenvalue weighted by Gasteiger charge is 2.10. The van der Waals surface area contributed by atoms with Gasteiger partial charge in [-0.15, -0.1) is 0 Å². The number of para-hydroxylation sites is 2. The lowest BCUT2D eigenvalue weighted by atomic mass is 10.2. The minimum Gasteiger partial charge on any atom is -0.491 e. The second kappa shape index (κ2) is 10.4. The summed E-state index contributed by atoms with van der Waals surface area (Å²) in [6.07, 6.45) is 2.58. The molecule has 9 heteroatoms. The van der Waals surface area contributed by atoms with Crippen LogP contribution in [0.1, 0.15) is 12.0 Å². The molecule has 0 radical (unpaired) electrons. The van der Waals surface area contributed by atoms with Crippen LogP contribution in [-0.4, -0.2) is 25.0 Å². The van der Waals surface area contributed by atoms with Gasteiger partial charge in [0.15, 0.2) is 0 Å². The summed E-state index contributed by atoms with van der Waals surface area (Å²) in [4.78, 5) is 23.0. The van der Waals surface area contributed by atoms with Crippen molar-refractivity contribution in [2.75, 3.05) is 11.9 Å². The molecule has 0 atom stereocenters. The van der Waals surface area contributed by atoms with Crippen LogP contribution in [-0.2, 0) is 9.59 Å². The van der Waals surface area contributed by atoms with Crippen LogP contribution in [0.25, 0.3) is 6.08 Å². The fraction of sp³-hybridized carbons (Fsp3) is 0.158. The van der Waals surface area contributed by atoms with Crippen molar-refractivity contribution in [1.82, 2.24) is 0 Å². The van der Waals surface area contributed by atoms with Crippen molar-refractivity contribution in [3.8, 4) is 11.5 Å². The van der Waals surface area contributed by atoms with Gasteiger partial charge >= 0.3 is 6.61 Å². The van der Waals surface area contributed by atoms with Gasteiger partial charge in [-0.2, -0.15) is 8.78 Å². The summed E-state index contributed by atoms with van der Waals surface area (Å²) < 4.78 is 35.5. The van der Waals surface area contributed by atoms with E-state index in [1.54, 1.807) is 36.4 Å². The molecule has 0 aliphatic carbocycles. The fourth-order valence-electron chi connectivity index (χ4n) is 2.15. The first-order valence-electron chi connectivity index (χ1n) is 8.08. The number of benzene rings is 2. The summed E-state index contributed by atoms with van der Waals surface area (Å²) in [6.45, 7) is -2.91. The third-order valence-corrected chi connectivity index (χ3v) is 3.85. The summed E-state index contributed by atoms with van der Waals surface area (Å²) in [5.41, 5.74) is 5.76. The standard InChI is InChI=1S/C19H17BrF2N2O4/c20-13-6-7-15(28-19(21)22)12(11-13)5-8-18(26)24-14-3-1-2-4-16(14)27-10-9-17(23)25/h1-8,11,19H,9-10H2,(H2,23,25)(H,24,26). The third-order valence-electron chi connectivity index (χ3n) is 3.35. The molecule has 0 aliphatic heterocycles. The molecule has 0 heterocycles. The zero-order chi connectivity index (χ0) is 20.5. The van der Waals surface area contributed by atoms with Crippen LogP contribution < -0.4 is 20.5 Å². The predicted molar refractivity (Wildman–Crippen MR) is 104 cm³/mol. The van der Waals surface area contributed by atoms with Crippen LogP contribution in [0.2, 0.25) is 0 Å². The third kappa shape index (κ3) is 6.99. The molecule has 0 unspecified atom stereocenters. The molecule has 2 amide bonds. The molecule has 0 bridgehead atoms. The minimum atomic E-state index is -2.98. The van der Waals surface area contributed by atoms with Crippen LogP contribution in [0, 0.1) is 0 Å². The quantitative estimate of drug-likeness (QED) is 0.561. The average Bonchev–Trinajstić information content (AvgIpc) is 2.62. The summed E-state index contributed by atoms with van der Waals surface area (Å²) in [5.74, 6) is -0.693. The fourth-order valence-corrected chi connectivity index (χ4v) is 2.53. The van der Waals surface area contributed by atoms with Crippen LogP contribution in [0.5, 0.6) is 11.5 Å². The van der Waals surface area contributed by atoms with Crippen molar-refractivity contribution < 1.29 is 27.8 Å². The first-order valence-corrected chi connectivity index (χ1v) is 8.88. The van der Waals surface area contributed by atoms with Crippen molar-refractivity contribution in [3.63, 3.8) is 0 Å². The van der Waals surface area contributed by atoms with Crippen LogP contribution in [0.3, 0.4) is 0 Å². The normalized spacial score (nSPS) is 10.9. The lowest BCUT2D eigenvalue weighted by Gasteiger charge is -2.11. The molecule has 6 nitrogen and oxygen atoms in total. The number of halogens is 3. The van der Waals surface area contributed by atoms with E-state index in [1.807, 2.05) is 0 Å². The van der Waals surface area contributed by atoms with Gasteiger partial charge in [-0.05, 0) is 36.4 Å². The Morgan fingerprint density at radius 3 is 2.64 bits per heavy atom. The lowest BCUT2D eigenvalue weighted by Crippen LogP contribution is -2.15. The monoisotopic (exact) mass is 454 g/mol. The molecule has 148 valence electrons. The SMILES string of the molecule is NC(=O)CCOc1ccccc1NC(=O)C=Cc1cc(Br)ccc1OC(F)F. The smallest absolute Gasteiger partial charge is 0.387 e. The van der Waals surface area contributed by atoms with E-state index < -0.39 is 18.4 Å². The number of hydrogen-bond acceptors (Lipinski definition) is 4. The van der Waals surface area contributed by atoms with Crippen molar-refractivity contribution in [3.05, 3.63) is 58.6 Å². The Hall–Kier alpha value is -2.94. The summed E-state index contributed by atoms with van der Waals surface area (Å²) in [5, 5.41) is 2.63. The molecule has 2 rings (SSSR count). The van der Waals surface area contributed by atoms with E-state index in [9.17, 15) is 18.4 Å². The highest BCUT2D eigenvalue weighted by atomic mass is 79.9. The lowest BCUT2D eigenvalue weighted by molar-refractivity contribution is -0.118. The Bertz CT molecular complexity index is 875. The van der Waals surface area contributed by atoms with Gasteiger partial charge in [0.2, 0.25) is 11.8 Å². The maximum atomic E-state index is 12.5. The predicted octanol–water partition coefficient (Wildman–Crippen LogP) is 3.96. The van der Waals surface area contributed by atoms with Crippen molar-refractivity contribution in [2.45, 2.75) is 13.0 Å². The van der Waals surface area contributed by atoms with E-state index in [-0.39, 0.29) is 18.8 Å². The molecular weight excluding hydrogens is 438 g/mol. The molecule has 0 aromatic heterocycles. The van der Waals surface area contributed by atoms with Gasteiger partial charge in [0, 0.05) is 16.1 Å². The number of amides is 2. The largest absolute Gasteiger partial charge is 0.491 e.